The third-order valence-electron chi connectivity index (χ3n) is 9.75. The number of hydrogen-bond donors (Lipinski definition) is 0. The molecule has 0 saturated carbocycles. The second kappa shape index (κ2) is 15.3. The van der Waals surface area contributed by atoms with E-state index < -0.39 is 5.79 Å². The van der Waals surface area contributed by atoms with Gasteiger partial charge in [-0.2, -0.15) is 5.10 Å². The van der Waals surface area contributed by atoms with Gasteiger partial charge in [-0.15, -0.1) is 5.10 Å². The van der Waals surface area contributed by atoms with Gasteiger partial charge in [-0.25, -0.2) is 18.7 Å². The third-order valence-corrected chi connectivity index (χ3v) is 10.3. The number of tetrazole rings is 1. The Balaban J connectivity index is 0.941. The Morgan fingerprint density at radius 1 is 0.923 bits per heavy atom. The smallest absolute Gasteiger partial charge is 0.350 e. The SMILES string of the molecule is CCC(C)n1ncn(-c2ccc(N3CCN(c4ccc(OC[C@@H]5CO[C@@](Cn6nnnc6C(C)C)(c6ccc(Cl)cc6Cl)O5)cc4)CC3)cc2)c1=O. The highest BCUT2D eigenvalue weighted by atomic mass is 35.5. The zero-order chi connectivity index (χ0) is 36.4. The summed E-state index contributed by atoms with van der Waals surface area (Å²) in [5.74, 6) is 0.334. The average Bonchev–Trinajstić information content (AvgIpc) is 3.90. The lowest BCUT2D eigenvalue weighted by Crippen LogP contribution is -2.46. The van der Waals surface area contributed by atoms with Crippen LogP contribution in [0.2, 0.25) is 10.0 Å². The fourth-order valence-electron chi connectivity index (χ4n) is 6.65. The minimum Gasteiger partial charge on any atom is -0.491 e. The molecule has 0 spiro atoms. The number of ether oxygens (including phenoxy) is 3. The lowest BCUT2D eigenvalue weighted by Gasteiger charge is -2.37. The van der Waals surface area contributed by atoms with Crippen molar-refractivity contribution in [3.8, 4) is 11.4 Å². The van der Waals surface area contributed by atoms with Gasteiger partial charge in [0.1, 0.15) is 31.3 Å². The van der Waals surface area contributed by atoms with Crippen molar-refractivity contribution in [1.82, 2.24) is 34.6 Å². The van der Waals surface area contributed by atoms with Gasteiger partial charge in [0, 0.05) is 54.1 Å². The van der Waals surface area contributed by atoms with E-state index in [0.29, 0.717) is 28.0 Å². The molecule has 2 fully saturated rings. The molecule has 5 aromatic rings. The van der Waals surface area contributed by atoms with E-state index in [4.69, 9.17) is 37.4 Å². The largest absolute Gasteiger partial charge is 0.491 e. The summed E-state index contributed by atoms with van der Waals surface area (Å²) in [7, 11) is 0. The average molecular weight is 749 g/mol. The molecule has 7 rings (SSSR count). The van der Waals surface area contributed by atoms with Crippen molar-refractivity contribution in [3.63, 3.8) is 0 Å². The van der Waals surface area contributed by atoms with Gasteiger partial charge in [0.05, 0.1) is 23.4 Å². The molecule has 2 saturated heterocycles. The highest BCUT2D eigenvalue weighted by Gasteiger charge is 2.46. The minimum atomic E-state index is -1.22. The van der Waals surface area contributed by atoms with Crippen LogP contribution in [0, 0.1) is 0 Å². The lowest BCUT2D eigenvalue weighted by molar-refractivity contribution is -0.191. The summed E-state index contributed by atoms with van der Waals surface area (Å²) in [6.45, 7) is 12.4. The summed E-state index contributed by atoms with van der Waals surface area (Å²) >= 11 is 12.9. The topological polar surface area (TPSA) is 118 Å². The van der Waals surface area contributed by atoms with Crippen LogP contribution in [0.3, 0.4) is 0 Å². The Morgan fingerprint density at radius 2 is 1.58 bits per heavy atom. The van der Waals surface area contributed by atoms with Gasteiger partial charge in [0.15, 0.2) is 5.82 Å². The van der Waals surface area contributed by atoms with Crippen LogP contribution in [0.25, 0.3) is 5.69 Å². The van der Waals surface area contributed by atoms with Gasteiger partial charge in [-0.05, 0) is 84.4 Å². The molecule has 274 valence electrons. The zero-order valence-electron chi connectivity index (χ0n) is 29.7. The zero-order valence-corrected chi connectivity index (χ0v) is 31.2. The van der Waals surface area contributed by atoms with Crippen molar-refractivity contribution in [3.05, 3.63) is 105 Å². The van der Waals surface area contributed by atoms with Crippen LogP contribution < -0.4 is 20.2 Å². The van der Waals surface area contributed by atoms with E-state index in [1.165, 1.54) is 4.68 Å². The summed E-state index contributed by atoms with van der Waals surface area (Å²) < 4.78 is 24.0. The summed E-state index contributed by atoms with van der Waals surface area (Å²) in [6, 6.07) is 21.6. The summed E-state index contributed by atoms with van der Waals surface area (Å²) in [5.41, 5.74) is 3.61. The van der Waals surface area contributed by atoms with Crippen molar-refractivity contribution in [2.45, 2.75) is 64.5 Å². The van der Waals surface area contributed by atoms with Gasteiger partial charge in [0.2, 0.25) is 5.79 Å². The summed E-state index contributed by atoms with van der Waals surface area (Å²) in [5, 5.41) is 17.5. The first-order chi connectivity index (χ1) is 25.1. The lowest BCUT2D eigenvalue weighted by atomic mass is 10.1. The number of piperazine rings is 1. The molecule has 1 unspecified atom stereocenters. The molecule has 0 bridgehead atoms. The molecule has 2 aromatic heterocycles. The summed E-state index contributed by atoms with van der Waals surface area (Å²) in [4.78, 5) is 17.6. The highest BCUT2D eigenvalue weighted by molar-refractivity contribution is 6.35. The Morgan fingerprint density at radius 3 is 2.21 bits per heavy atom. The number of nitrogens with zero attached hydrogens (tertiary/aromatic N) is 9. The predicted octanol–water partition coefficient (Wildman–Crippen LogP) is 6.10. The molecular formula is C37H43Cl2N9O4. The van der Waals surface area contributed by atoms with Crippen LogP contribution >= 0.6 is 23.2 Å². The minimum absolute atomic E-state index is 0.0615. The molecule has 13 nitrogen and oxygen atoms in total. The molecular weight excluding hydrogens is 705 g/mol. The van der Waals surface area contributed by atoms with Crippen molar-refractivity contribution in [2.75, 3.05) is 49.2 Å². The van der Waals surface area contributed by atoms with Gasteiger partial charge >= 0.3 is 5.69 Å². The first kappa shape index (κ1) is 36.0. The number of hydrogen-bond acceptors (Lipinski definition) is 10. The molecule has 3 aromatic carbocycles. The molecule has 4 heterocycles. The normalized spacial score (nSPS) is 19.8. The van der Waals surface area contributed by atoms with E-state index in [1.54, 1.807) is 27.7 Å². The monoisotopic (exact) mass is 747 g/mol. The maximum atomic E-state index is 12.8. The Labute approximate surface area is 312 Å². The quantitative estimate of drug-likeness (QED) is 0.148. The molecule has 2 aliphatic heterocycles. The van der Waals surface area contributed by atoms with E-state index in [9.17, 15) is 4.79 Å². The molecule has 2 aliphatic rings. The molecule has 0 N–H and O–H groups in total. The second-order valence-corrected chi connectivity index (χ2v) is 14.4. The third kappa shape index (κ3) is 7.40. The number of benzene rings is 3. The van der Waals surface area contributed by atoms with E-state index in [-0.39, 0.29) is 36.9 Å². The Hall–Kier alpha value is -4.43. The van der Waals surface area contributed by atoms with Gasteiger partial charge in [-0.1, -0.05) is 50.0 Å². The van der Waals surface area contributed by atoms with E-state index in [2.05, 4.69) is 54.7 Å². The molecule has 0 radical (unpaired) electrons. The van der Waals surface area contributed by atoms with E-state index in [0.717, 1.165) is 55.4 Å². The van der Waals surface area contributed by atoms with Crippen LogP contribution in [0.5, 0.6) is 5.75 Å². The Bertz CT molecular complexity index is 2020. The first-order valence-electron chi connectivity index (χ1n) is 17.7. The van der Waals surface area contributed by atoms with Crippen LogP contribution in [0.4, 0.5) is 11.4 Å². The predicted molar refractivity (Wildman–Crippen MR) is 200 cm³/mol. The molecule has 15 heteroatoms. The first-order valence-corrected chi connectivity index (χ1v) is 18.4. The maximum Gasteiger partial charge on any atom is 0.350 e. The maximum absolute atomic E-state index is 12.8. The number of aromatic nitrogens is 7. The van der Waals surface area contributed by atoms with E-state index >= 15 is 0 Å². The van der Waals surface area contributed by atoms with Crippen LogP contribution in [0.15, 0.2) is 77.9 Å². The standard InChI is InChI=1S/C37H43Cl2N9O4/c1-5-26(4)48-36(49)46(24-40-48)30-9-7-28(8-10-30)44-16-18-45(19-17-44)29-11-13-31(14-12-29)50-21-32-22-51-37(52-32,33-15-6-27(38)20-34(33)39)23-47-35(25(2)3)41-42-43-47/h6-15,20,24-26,32H,5,16-19,21-23H2,1-4H3/t26?,32-,37-/m1/s1. The Kier molecular flexibility index (Phi) is 10.6. The fraction of sp³-hybridized carbons (Fsp3) is 0.432. The van der Waals surface area contributed by atoms with Crippen LogP contribution in [0.1, 0.15) is 57.5 Å². The fourth-order valence-corrected chi connectivity index (χ4v) is 7.20. The van der Waals surface area contributed by atoms with Crippen molar-refractivity contribution < 1.29 is 14.2 Å². The number of rotatable bonds is 12. The summed E-state index contributed by atoms with van der Waals surface area (Å²) in [6.07, 6.45) is 2.08. The van der Waals surface area contributed by atoms with Gasteiger partial charge in [0.25, 0.3) is 0 Å². The van der Waals surface area contributed by atoms with Crippen molar-refractivity contribution >= 4 is 34.6 Å². The van der Waals surface area contributed by atoms with Gasteiger partial charge < -0.3 is 24.0 Å². The molecule has 3 atom stereocenters. The second-order valence-electron chi connectivity index (χ2n) is 13.6. The van der Waals surface area contributed by atoms with E-state index in [1.807, 2.05) is 58.0 Å². The van der Waals surface area contributed by atoms with Gasteiger partial charge in [-0.3, -0.25) is 0 Å². The molecule has 52 heavy (non-hydrogen) atoms. The van der Waals surface area contributed by atoms with Crippen molar-refractivity contribution in [2.24, 2.45) is 0 Å². The highest BCUT2D eigenvalue weighted by Crippen LogP contribution is 2.41. The number of anilines is 2. The number of halogens is 2. The van der Waals surface area contributed by atoms with Crippen LogP contribution in [-0.2, 0) is 21.8 Å². The van der Waals surface area contributed by atoms with Crippen molar-refractivity contribution in [1.29, 1.82) is 0 Å². The molecule has 0 amide bonds. The molecule has 0 aliphatic carbocycles. The van der Waals surface area contributed by atoms with Crippen LogP contribution in [-0.4, -0.2) is 80.1 Å².